The Morgan fingerprint density at radius 2 is 1.81 bits per heavy atom. The summed E-state index contributed by atoms with van der Waals surface area (Å²) < 4.78 is 0. The Bertz CT molecular complexity index is 335. The molecule has 16 heavy (non-hydrogen) atoms. The summed E-state index contributed by atoms with van der Waals surface area (Å²) in [4.78, 5) is 0. The minimum absolute atomic E-state index is 0.452. The Balaban J connectivity index is 2.45. The van der Waals surface area contributed by atoms with E-state index in [0.717, 1.165) is 5.56 Å². The summed E-state index contributed by atoms with van der Waals surface area (Å²) in [6, 6.07) is 7.37. The van der Waals surface area contributed by atoms with Gasteiger partial charge in [0.1, 0.15) is 12.2 Å². The Kier molecular flexibility index (Phi) is 5.49. The van der Waals surface area contributed by atoms with Gasteiger partial charge in [-0.2, -0.15) is 0 Å². The Hall–Kier alpha value is -0.870. The predicted octanol–water partition coefficient (Wildman–Crippen LogP) is 1.15. The average molecular weight is 243 g/mol. The summed E-state index contributed by atoms with van der Waals surface area (Å²) in [6.45, 7) is -0.452. The van der Waals surface area contributed by atoms with Crippen LogP contribution in [0.15, 0.2) is 36.4 Å². The van der Waals surface area contributed by atoms with Gasteiger partial charge in [-0.25, -0.2) is 0 Å². The molecule has 1 aromatic carbocycles. The lowest BCUT2D eigenvalue weighted by molar-refractivity contribution is 0.00939. The normalized spacial score (nSPS) is 15.2. The highest BCUT2D eigenvalue weighted by Gasteiger charge is 2.10. The third-order valence-electron chi connectivity index (χ3n) is 2.18. The van der Waals surface area contributed by atoms with Gasteiger partial charge in [0.25, 0.3) is 0 Å². The molecule has 0 heterocycles. The second kappa shape index (κ2) is 6.66. The SMILES string of the molecule is OC[C@@H](O)[C@@H](O)/C=C\Cc1ccc(Cl)cc1. The molecule has 1 aromatic rings. The van der Waals surface area contributed by atoms with Gasteiger partial charge >= 0.3 is 0 Å². The molecule has 0 saturated carbocycles. The van der Waals surface area contributed by atoms with Crippen LogP contribution in [0.5, 0.6) is 0 Å². The van der Waals surface area contributed by atoms with Crippen LogP contribution < -0.4 is 0 Å². The Morgan fingerprint density at radius 1 is 1.19 bits per heavy atom. The zero-order valence-electron chi connectivity index (χ0n) is 8.75. The number of aliphatic hydroxyl groups excluding tert-OH is 3. The van der Waals surface area contributed by atoms with Crippen molar-refractivity contribution in [1.82, 2.24) is 0 Å². The molecular formula is C12H15ClO3. The van der Waals surface area contributed by atoms with Crippen molar-refractivity contribution in [1.29, 1.82) is 0 Å². The van der Waals surface area contributed by atoms with E-state index in [-0.39, 0.29) is 0 Å². The molecule has 0 spiro atoms. The monoisotopic (exact) mass is 242 g/mol. The largest absolute Gasteiger partial charge is 0.394 e. The molecule has 2 atom stereocenters. The van der Waals surface area contributed by atoms with Gasteiger partial charge < -0.3 is 15.3 Å². The summed E-state index contributed by atoms with van der Waals surface area (Å²) in [5.74, 6) is 0. The minimum atomic E-state index is -1.12. The summed E-state index contributed by atoms with van der Waals surface area (Å²) in [5.41, 5.74) is 1.06. The second-order valence-corrected chi connectivity index (χ2v) is 3.94. The van der Waals surface area contributed by atoms with Crippen molar-refractivity contribution in [2.75, 3.05) is 6.61 Å². The van der Waals surface area contributed by atoms with E-state index in [2.05, 4.69) is 0 Å². The van der Waals surface area contributed by atoms with E-state index in [1.54, 1.807) is 18.2 Å². The number of hydrogen-bond donors (Lipinski definition) is 3. The van der Waals surface area contributed by atoms with Crippen molar-refractivity contribution < 1.29 is 15.3 Å². The highest BCUT2D eigenvalue weighted by molar-refractivity contribution is 6.30. The van der Waals surface area contributed by atoms with E-state index in [1.165, 1.54) is 6.08 Å². The molecule has 3 N–H and O–H groups in total. The molecule has 0 aliphatic carbocycles. The van der Waals surface area contributed by atoms with Gasteiger partial charge in [-0.3, -0.25) is 0 Å². The van der Waals surface area contributed by atoms with Crippen molar-refractivity contribution in [3.05, 3.63) is 47.0 Å². The molecule has 0 radical (unpaired) electrons. The molecular weight excluding hydrogens is 228 g/mol. The minimum Gasteiger partial charge on any atom is -0.394 e. The number of rotatable bonds is 5. The molecule has 0 bridgehead atoms. The van der Waals surface area contributed by atoms with Crippen LogP contribution in [-0.2, 0) is 6.42 Å². The van der Waals surface area contributed by atoms with Crippen LogP contribution >= 0.6 is 11.6 Å². The maximum absolute atomic E-state index is 9.32. The molecule has 4 heteroatoms. The van der Waals surface area contributed by atoms with Gasteiger partial charge in [-0.1, -0.05) is 35.9 Å². The summed E-state index contributed by atoms with van der Waals surface area (Å²) >= 11 is 5.74. The molecule has 3 nitrogen and oxygen atoms in total. The van der Waals surface area contributed by atoms with Gasteiger partial charge in [0.15, 0.2) is 0 Å². The maximum Gasteiger partial charge on any atom is 0.106 e. The summed E-state index contributed by atoms with van der Waals surface area (Å²) in [6.07, 6.45) is 1.70. The average Bonchev–Trinajstić information content (AvgIpc) is 2.30. The zero-order chi connectivity index (χ0) is 12.0. The van der Waals surface area contributed by atoms with Crippen LogP contribution in [0.3, 0.4) is 0 Å². The van der Waals surface area contributed by atoms with Crippen LogP contribution in [0.4, 0.5) is 0 Å². The first-order chi connectivity index (χ1) is 7.63. The number of halogens is 1. The van der Waals surface area contributed by atoms with Gasteiger partial charge in [-0.15, -0.1) is 0 Å². The number of aliphatic hydroxyl groups is 3. The molecule has 0 fully saturated rings. The second-order valence-electron chi connectivity index (χ2n) is 3.50. The van der Waals surface area contributed by atoms with E-state index in [9.17, 15) is 5.11 Å². The molecule has 0 saturated heterocycles. The van der Waals surface area contributed by atoms with Crippen molar-refractivity contribution in [2.24, 2.45) is 0 Å². The van der Waals surface area contributed by atoms with Crippen molar-refractivity contribution in [2.45, 2.75) is 18.6 Å². The fourth-order valence-corrected chi connectivity index (χ4v) is 1.33. The Morgan fingerprint density at radius 3 is 2.38 bits per heavy atom. The highest BCUT2D eigenvalue weighted by atomic mass is 35.5. The van der Waals surface area contributed by atoms with Crippen LogP contribution in [0.1, 0.15) is 5.56 Å². The predicted molar refractivity (Wildman–Crippen MR) is 63.4 cm³/mol. The van der Waals surface area contributed by atoms with E-state index >= 15 is 0 Å². The van der Waals surface area contributed by atoms with Crippen LogP contribution in [0.2, 0.25) is 5.02 Å². The molecule has 88 valence electrons. The third kappa shape index (κ3) is 4.33. The van der Waals surface area contributed by atoms with Gasteiger partial charge in [0, 0.05) is 5.02 Å². The Labute approximate surface area is 99.6 Å². The van der Waals surface area contributed by atoms with Gasteiger partial charge in [0.2, 0.25) is 0 Å². The topological polar surface area (TPSA) is 60.7 Å². The van der Waals surface area contributed by atoms with Crippen molar-refractivity contribution in [3.8, 4) is 0 Å². The lowest BCUT2D eigenvalue weighted by atomic mass is 10.1. The highest BCUT2D eigenvalue weighted by Crippen LogP contribution is 2.10. The first-order valence-electron chi connectivity index (χ1n) is 5.01. The van der Waals surface area contributed by atoms with Crippen LogP contribution in [0.25, 0.3) is 0 Å². The first kappa shape index (κ1) is 13.2. The molecule has 0 aromatic heterocycles. The van der Waals surface area contributed by atoms with Crippen molar-refractivity contribution in [3.63, 3.8) is 0 Å². The zero-order valence-corrected chi connectivity index (χ0v) is 9.51. The van der Waals surface area contributed by atoms with E-state index in [0.29, 0.717) is 11.4 Å². The van der Waals surface area contributed by atoms with Crippen molar-refractivity contribution >= 4 is 11.6 Å². The fraction of sp³-hybridized carbons (Fsp3) is 0.333. The van der Waals surface area contributed by atoms with Gasteiger partial charge in [-0.05, 0) is 24.1 Å². The molecule has 0 unspecified atom stereocenters. The third-order valence-corrected chi connectivity index (χ3v) is 2.43. The lowest BCUT2D eigenvalue weighted by Gasteiger charge is -2.10. The maximum atomic E-state index is 9.32. The van der Waals surface area contributed by atoms with Crippen LogP contribution in [-0.4, -0.2) is 34.1 Å². The lowest BCUT2D eigenvalue weighted by Crippen LogP contribution is -2.27. The van der Waals surface area contributed by atoms with E-state index in [1.807, 2.05) is 12.1 Å². The molecule has 1 rings (SSSR count). The van der Waals surface area contributed by atoms with Crippen LogP contribution in [0, 0.1) is 0 Å². The smallest absolute Gasteiger partial charge is 0.106 e. The van der Waals surface area contributed by atoms with Gasteiger partial charge in [0.05, 0.1) is 6.61 Å². The molecule has 0 aliphatic heterocycles. The molecule has 0 amide bonds. The number of hydrogen-bond acceptors (Lipinski definition) is 3. The summed E-state index contributed by atoms with van der Waals surface area (Å²) in [7, 11) is 0. The fourth-order valence-electron chi connectivity index (χ4n) is 1.20. The quantitative estimate of drug-likeness (QED) is 0.679. The summed E-state index contributed by atoms with van der Waals surface area (Å²) in [5, 5.41) is 27.7. The standard InChI is InChI=1S/C12H15ClO3/c13-10-6-4-9(5-7-10)2-1-3-11(15)12(16)8-14/h1,3-7,11-12,14-16H,2,8H2/b3-1-/t11-,12+/m0/s1. The molecule has 0 aliphatic rings. The van der Waals surface area contributed by atoms with E-state index < -0.39 is 18.8 Å². The first-order valence-corrected chi connectivity index (χ1v) is 5.39. The number of allylic oxidation sites excluding steroid dienone is 1. The number of benzene rings is 1. The van der Waals surface area contributed by atoms with E-state index in [4.69, 9.17) is 21.8 Å².